The van der Waals surface area contributed by atoms with Gasteiger partial charge < -0.3 is 25.4 Å². The van der Waals surface area contributed by atoms with Crippen LogP contribution in [0.4, 0.5) is 35.4 Å². The first-order valence-corrected chi connectivity index (χ1v) is 11.4. The third-order valence-electron chi connectivity index (χ3n) is 5.34. The molecule has 1 aromatic carbocycles. The smallest absolute Gasteiger partial charge is 0.421 e. The summed E-state index contributed by atoms with van der Waals surface area (Å²) in [6.45, 7) is 9.28. The molecule has 2 aromatic rings. The number of ether oxygens (including phenoxy) is 1. The van der Waals surface area contributed by atoms with Crippen molar-refractivity contribution in [3.05, 3.63) is 41.6 Å². The average Bonchev–Trinajstić information content (AvgIpc) is 2.72. The van der Waals surface area contributed by atoms with Crippen molar-refractivity contribution in [2.45, 2.75) is 70.9 Å². The lowest BCUT2D eigenvalue weighted by Gasteiger charge is -2.34. The maximum atomic E-state index is 13.7. The Hall–Kier alpha value is -3.08. The maximum Gasteiger partial charge on any atom is 0.421 e. The Labute approximate surface area is 202 Å². The summed E-state index contributed by atoms with van der Waals surface area (Å²) in [7, 11) is 0. The highest BCUT2D eigenvalue weighted by Crippen LogP contribution is 2.37. The number of carbonyl (C=O) groups excluding carboxylic acids is 1. The molecule has 2 heterocycles. The lowest BCUT2D eigenvalue weighted by atomic mass is 9.96. The molecule has 8 nitrogen and oxygen atoms in total. The SMILES string of the molecule is CC(C)(C)OC(=O)N1CCC[C@H](Nc2ncc(C(F)(F)F)c(Nc3ccccc3C(C)(C)O)n2)C1. The van der Waals surface area contributed by atoms with Gasteiger partial charge in [-0.15, -0.1) is 0 Å². The molecule has 1 aromatic heterocycles. The second-order valence-corrected chi connectivity index (χ2v) is 10.1. The molecule has 1 aliphatic rings. The average molecular weight is 496 g/mol. The Morgan fingerprint density at radius 3 is 2.46 bits per heavy atom. The molecule has 1 fully saturated rings. The van der Waals surface area contributed by atoms with Crippen molar-refractivity contribution in [3.63, 3.8) is 0 Å². The number of nitrogens with one attached hydrogen (secondary N) is 2. The summed E-state index contributed by atoms with van der Waals surface area (Å²) in [6, 6.07) is 6.28. The van der Waals surface area contributed by atoms with E-state index in [0.717, 1.165) is 6.20 Å². The molecular formula is C24H32F3N5O3. The van der Waals surface area contributed by atoms with Gasteiger partial charge in [-0.05, 0) is 53.5 Å². The zero-order valence-corrected chi connectivity index (χ0v) is 20.5. The summed E-state index contributed by atoms with van der Waals surface area (Å²) in [5.74, 6) is -0.441. The van der Waals surface area contributed by atoms with Crippen molar-refractivity contribution in [2.24, 2.45) is 0 Å². The number of anilines is 3. The number of benzene rings is 1. The zero-order valence-electron chi connectivity index (χ0n) is 20.5. The van der Waals surface area contributed by atoms with Crippen LogP contribution in [0.5, 0.6) is 0 Å². The van der Waals surface area contributed by atoms with Crippen LogP contribution in [0.2, 0.25) is 0 Å². The van der Waals surface area contributed by atoms with Gasteiger partial charge in [0.15, 0.2) is 0 Å². The highest BCUT2D eigenvalue weighted by molar-refractivity contribution is 5.68. The van der Waals surface area contributed by atoms with Crippen LogP contribution in [0.25, 0.3) is 0 Å². The Balaban J connectivity index is 1.84. The summed E-state index contributed by atoms with van der Waals surface area (Å²) in [5.41, 5.74) is -2.24. The second-order valence-electron chi connectivity index (χ2n) is 10.1. The van der Waals surface area contributed by atoms with Gasteiger partial charge in [-0.2, -0.15) is 18.2 Å². The fraction of sp³-hybridized carbons (Fsp3) is 0.542. The molecular weight excluding hydrogens is 463 g/mol. The summed E-state index contributed by atoms with van der Waals surface area (Å²) >= 11 is 0. The van der Waals surface area contributed by atoms with Crippen LogP contribution < -0.4 is 10.6 Å². The largest absolute Gasteiger partial charge is 0.444 e. The van der Waals surface area contributed by atoms with E-state index in [0.29, 0.717) is 37.2 Å². The van der Waals surface area contributed by atoms with Gasteiger partial charge in [0.2, 0.25) is 5.95 Å². The van der Waals surface area contributed by atoms with Crippen molar-refractivity contribution in [1.82, 2.24) is 14.9 Å². The molecule has 1 atom stereocenters. The normalized spacial score (nSPS) is 17.2. The molecule has 1 saturated heterocycles. The van der Waals surface area contributed by atoms with Gasteiger partial charge in [-0.3, -0.25) is 0 Å². The molecule has 0 radical (unpaired) electrons. The first kappa shape index (κ1) is 26.5. The van der Waals surface area contributed by atoms with Crippen LogP contribution >= 0.6 is 0 Å². The van der Waals surface area contributed by atoms with Crippen LogP contribution in [-0.2, 0) is 16.5 Å². The minimum Gasteiger partial charge on any atom is -0.444 e. The van der Waals surface area contributed by atoms with E-state index in [1.807, 2.05) is 0 Å². The molecule has 0 spiro atoms. The van der Waals surface area contributed by atoms with E-state index >= 15 is 0 Å². The monoisotopic (exact) mass is 495 g/mol. The van der Waals surface area contributed by atoms with Crippen LogP contribution in [0.1, 0.15) is 58.6 Å². The van der Waals surface area contributed by atoms with Gasteiger partial charge >= 0.3 is 12.3 Å². The van der Waals surface area contributed by atoms with Gasteiger partial charge in [0.25, 0.3) is 0 Å². The number of alkyl halides is 3. The first-order valence-electron chi connectivity index (χ1n) is 11.4. The number of likely N-dealkylation sites (tertiary alicyclic amines) is 1. The molecule has 192 valence electrons. The highest BCUT2D eigenvalue weighted by Gasteiger charge is 2.36. The van der Waals surface area contributed by atoms with Crippen molar-refractivity contribution in [2.75, 3.05) is 23.7 Å². The van der Waals surface area contributed by atoms with Crippen molar-refractivity contribution >= 4 is 23.5 Å². The van der Waals surface area contributed by atoms with Crippen LogP contribution in [0.3, 0.4) is 0 Å². The van der Waals surface area contributed by atoms with Gasteiger partial charge in [-0.1, -0.05) is 18.2 Å². The van der Waals surface area contributed by atoms with Gasteiger partial charge in [0.05, 0.1) is 5.60 Å². The minimum atomic E-state index is -4.69. The van der Waals surface area contributed by atoms with E-state index in [2.05, 4.69) is 20.6 Å². The molecule has 35 heavy (non-hydrogen) atoms. The lowest BCUT2D eigenvalue weighted by Crippen LogP contribution is -2.47. The molecule has 3 rings (SSSR count). The van der Waals surface area contributed by atoms with E-state index in [1.165, 1.54) is 0 Å². The van der Waals surface area contributed by atoms with Crippen molar-refractivity contribution in [3.8, 4) is 0 Å². The number of amides is 1. The van der Waals surface area contributed by atoms with E-state index in [-0.39, 0.29) is 12.0 Å². The van der Waals surface area contributed by atoms with E-state index < -0.39 is 34.9 Å². The molecule has 0 saturated carbocycles. The van der Waals surface area contributed by atoms with Crippen LogP contribution in [0.15, 0.2) is 30.5 Å². The van der Waals surface area contributed by atoms with E-state index in [1.54, 1.807) is 63.8 Å². The Morgan fingerprint density at radius 2 is 1.83 bits per heavy atom. The Kier molecular flexibility index (Phi) is 7.49. The number of carbonyl (C=O) groups is 1. The number of para-hydroxylation sites is 1. The predicted molar refractivity (Wildman–Crippen MR) is 126 cm³/mol. The molecule has 0 unspecified atom stereocenters. The summed E-state index contributed by atoms with van der Waals surface area (Å²) in [4.78, 5) is 22.0. The van der Waals surface area contributed by atoms with E-state index in [9.17, 15) is 23.1 Å². The summed E-state index contributed by atoms with van der Waals surface area (Å²) < 4.78 is 46.5. The van der Waals surface area contributed by atoms with Crippen molar-refractivity contribution in [1.29, 1.82) is 0 Å². The van der Waals surface area contributed by atoms with Gasteiger partial charge in [-0.25, -0.2) is 9.78 Å². The molecule has 3 N–H and O–H groups in total. The number of aliphatic hydroxyl groups is 1. The molecule has 0 bridgehead atoms. The first-order chi connectivity index (χ1) is 16.1. The van der Waals surface area contributed by atoms with Crippen LogP contribution in [0, 0.1) is 0 Å². The predicted octanol–water partition coefficient (Wildman–Crippen LogP) is 5.28. The van der Waals surface area contributed by atoms with Crippen LogP contribution in [-0.4, -0.2) is 50.8 Å². The van der Waals surface area contributed by atoms with Crippen molar-refractivity contribution < 1.29 is 27.8 Å². The van der Waals surface area contributed by atoms with Gasteiger partial charge in [0, 0.05) is 36.6 Å². The summed E-state index contributed by atoms with van der Waals surface area (Å²) in [6.07, 6.45) is -3.03. The third-order valence-corrected chi connectivity index (χ3v) is 5.34. The minimum absolute atomic E-state index is 0.00252. The topological polar surface area (TPSA) is 99.6 Å². The molecule has 11 heteroatoms. The molecule has 1 amide bonds. The second kappa shape index (κ2) is 9.88. The molecule has 1 aliphatic heterocycles. The fourth-order valence-corrected chi connectivity index (χ4v) is 3.78. The van der Waals surface area contributed by atoms with E-state index in [4.69, 9.17) is 4.74 Å². The number of hydrogen-bond donors (Lipinski definition) is 3. The summed E-state index contributed by atoms with van der Waals surface area (Å²) in [5, 5.41) is 16.2. The fourth-order valence-electron chi connectivity index (χ4n) is 3.78. The third kappa shape index (κ3) is 7.20. The van der Waals surface area contributed by atoms with Gasteiger partial charge in [0.1, 0.15) is 17.0 Å². The molecule has 0 aliphatic carbocycles. The number of piperidine rings is 1. The Morgan fingerprint density at radius 1 is 1.14 bits per heavy atom. The number of halogens is 3. The number of hydrogen-bond acceptors (Lipinski definition) is 7. The number of nitrogens with zero attached hydrogens (tertiary/aromatic N) is 3. The lowest BCUT2D eigenvalue weighted by molar-refractivity contribution is -0.137. The number of rotatable bonds is 5. The quantitative estimate of drug-likeness (QED) is 0.519. The number of aromatic nitrogens is 2. The highest BCUT2D eigenvalue weighted by atomic mass is 19.4. The standard InChI is InChI=1S/C24H32F3N5O3/c1-22(2,3)35-21(33)32-12-8-9-15(14-32)29-20-28-13-17(24(25,26)27)19(31-20)30-18-11-7-6-10-16(18)23(4,5)34/h6-7,10-11,13,15,34H,8-9,12,14H2,1-5H3,(H2,28,29,30,31)/t15-/m0/s1. The Bertz CT molecular complexity index is 1050. The maximum absolute atomic E-state index is 13.7. The zero-order chi connectivity index (χ0) is 26.0.